The lowest BCUT2D eigenvalue weighted by molar-refractivity contribution is -0.144. The molecule has 1 saturated carbocycles. The Bertz CT molecular complexity index is 386. The first-order valence-electron chi connectivity index (χ1n) is 6.15. The zero-order valence-electron chi connectivity index (χ0n) is 10.1. The number of carboxylic acid groups (broad SMARTS) is 1. The third-order valence-corrected chi connectivity index (χ3v) is 3.50. The molecule has 1 atom stereocenters. The van der Waals surface area contributed by atoms with Gasteiger partial charge in [0.15, 0.2) is 0 Å². The largest absolute Gasteiger partial charge is 0.480 e. The van der Waals surface area contributed by atoms with Gasteiger partial charge in [-0.2, -0.15) is 0 Å². The smallest absolute Gasteiger partial charge is 0.323 e. The molecule has 1 aliphatic carbocycles. The van der Waals surface area contributed by atoms with Gasteiger partial charge in [0.25, 0.3) is 0 Å². The van der Waals surface area contributed by atoms with Crippen LogP contribution in [0.2, 0.25) is 0 Å². The average Bonchev–Trinajstić information content (AvgIpc) is 2.25. The molecule has 2 rings (SSSR count). The van der Waals surface area contributed by atoms with E-state index >= 15 is 0 Å². The number of rotatable bonds is 5. The minimum atomic E-state index is -0.855. The molecule has 0 radical (unpaired) electrons. The average molecular weight is 233 g/mol. The first-order chi connectivity index (χ1) is 8.10. The van der Waals surface area contributed by atoms with E-state index < -0.39 is 11.5 Å². The van der Waals surface area contributed by atoms with Gasteiger partial charge < -0.3 is 5.11 Å². The van der Waals surface area contributed by atoms with Gasteiger partial charge in [0.05, 0.1) is 0 Å². The summed E-state index contributed by atoms with van der Waals surface area (Å²) in [5.74, 6) is -0.770. The fourth-order valence-electron chi connectivity index (χ4n) is 2.20. The fourth-order valence-corrected chi connectivity index (χ4v) is 2.20. The summed E-state index contributed by atoms with van der Waals surface area (Å²) in [4.78, 5) is 11.4. The van der Waals surface area contributed by atoms with Gasteiger partial charge in [-0.25, -0.2) is 0 Å². The van der Waals surface area contributed by atoms with Crippen molar-refractivity contribution in [3.05, 3.63) is 35.9 Å². The molecule has 1 aromatic carbocycles. The van der Waals surface area contributed by atoms with Gasteiger partial charge >= 0.3 is 5.97 Å². The van der Waals surface area contributed by atoms with Crippen LogP contribution in [-0.2, 0) is 11.2 Å². The molecule has 0 heterocycles. The zero-order chi connectivity index (χ0) is 12.3. The highest BCUT2D eigenvalue weighted by atomic mass is 16.4. The molecule has 1 aliphatic rings. The maximum absolute atomic E-state index is 11.4. The predicted molar refractivity (Wildman–Crippen MR) is 67.0 cm³/mol. The van der Waals surface area contributed by atoms with E-state index in [1.807, 2.05) is 30.3 Å². The van der Waals surface area contributed by atoms with Crippen molar-refractivity contribution in [2.24, 2.45) is 0 Å². The van der Waals surface area contributed by atoms with Crippen LogP contribution in [-0.4, -0.2) is 22.7 Å². The quantitative estimate of drug-likeness (QED) is 0.819. The topological polar surface area (TPSA) is 49.3 Å². The lowest BCUT2D eigenvalue weighted by Gasteiger charge is -2.36. The fraction of sp³-hybridized carbons (Fsp3) is 0.500. The predicted octanol–water partition coefficient (Wildman–Crippen LogP) is 2.21. The lowest BCUT2D eigenvalue weighted by Crippen LogP contribution is -2.57. The van der Waals surface area contributed by atoms with Gasteiger partial charge in [-0.3, -0.25) is 10.1 Å². The van der Waals surface area contributed by atoms with E-state index in [1.165, 1.54) is 6.42 Å². The minimum Gasteiger partial charge on any atom is -0.480 e. The molecule has 92 valence electrons. The molecule has 17 heavy (non-hydrogen) atoms. The maximum atomic E-state index is 11.4. The number of carbonyl (C=O) groups is 1. The maximum Gasteiger partial charge on any atom is 0.323 e. The summed E-state index contributed by atoms with van der Waals surface area (Å²) in [5, 5.41) is 12.7. The highest BCUT2D eigenvalue weighted by Crippen LogP contribution is 2.23. The summed E-state index contributed by atoms with van der Waals surface area (Å²) in [6.07, 6.45) is 3.92. The summed E-state index contributed by atoms with van der Waals surface area (Å²) in [6.45, 7) is 1.78. The van der Waals surface area contributed by atoms with Gasteiger partial charge in [-0.05, 0) is 25.3 Å². The zero-order valence-corrected chi connectivity index (χ0v) is 10.1. The van der Waals surface area contributed by atoms with Crippen LogP contribution in [0.5, 0.6) is 0 Å². The third-order valence-electron chi connectivity index (χ3n) is 3.50. The summed E-state index contributed by atoms with van der Waals surface area (Å²) < 4.78 is 0. The Morgan fingerprint density at radius 3 is 2.53 bits per heavy atom. The van der Waals surface area contributed by atoms with Crippen LogP contribution < -0.4 is 5.32 Å². The first kappa shape index (κ1) is 12.1. The molecule has 0 saturated heterocycles. The van der Waals surface area contributed by atoms with E-state index in [0.717, 1.165) is 18.4 Å². The molecule has 0 aromatic heterocycles. The molecular formula is C14H19NO2. The van der Waals surface area contributed by atoms with E-state index in [2.05, 4.69) is 5.32 Å². The second kappa shape index (κ2) is 4.88. The van der Waals surface area contributed by atoms with Gasteiger partial charge in [0, 0.05) is 12.5 Å². The van der Waals surface area contributed by atoms with Crippen LogP contribution in [0.25, 0.3) is 0 Å². The van der Waals surface area contributed by atoms with E-state index in [1.54, 1.807) is 6.92 Å². The van der Waals surface area contributed by atoms with Crippen molar-refractivity contribution in [1.82, 2.24) is 5.32 Å². The van der Waals surface area contributed by atoms with Crippen molar-refractivity contribution in [2.45, 2.75) is 44.2 Å². The van der Waals surface area contributed by atoms with Crippen molar-refractivity contribution < 1.29 is 9.90 Å². The summed E-state index contributed by atoms with van der Waals surface area (Å²) in [5.41, 5.74) is 0.205. The Balaban J connectivity index is 2.07. The van der Waals surface area contributed by atoms with Crippen molar-refractivity contribution in [3.8, 4) is 0 Å². The highest BCUT2D eigenvalue weighted by molar-refractivity contribution is 5.78. The Hall–Kier alpha value is -1.35. The van der Waals surface area contributed by atoms with Crippen molar-refractivity contribution in [3.63, 3.8) is 0 Å². The van der Waals surface area contributed by atoms with Gasteiger partial charge in [-0.1, -0.05) is 36.8 Å². The molecule has 0 bridgehead atoms. The summed E-state index contributed by atoms with van der Waals surface area (Å²) >= 11 is 0. The Kier molecular flexibility index (Phi) is 3.48. The van der Waals surface area contributed by atoms with E-state index in [-0.39, 0.29) is 0 Å². The summed E-state index contributed by atoms with van der Waals surface area (Å²) in [6, 6.07) is 10.2. The molecule has 1 unspecified atom stereocenters. The number of nitrogens with one attached hydrogen (secondary N) is 1. The molecule has 3 heteroatoms. The monoisotopic (exact) mass is 233 g/mol. The van der Waals surface area contributed by atoms with E-state index in [0.29, 0.717) is 12.5 Å². The standard InChI is InChI=1S/C14H19NO2/c1-14(13(16)17,15-12-8-5-9-12)10-11-6-3-2-4-7-11/h2-4,6-7,12,15H,5,8-10H2,1H3,(H,16,17). The van der Waals surface area contributed by atoms with Crippen LogP contribution in [0, 0.1) is 0 Å². The van der Waals surface area contributed by atoms with Gasteiger partial charge in [0.1, 0.15) is 5.54 Å². The van der Waals surface area contributed by atoms with Crippen LogP contribution >= 0.6 is 0 Å². The second-order valence-electron chi connectivity index (χ2n) is 5.07. The van der Waals surface area contributed by atoms with Crippen LogP contribution in [0.4, 0.5) is 0 Å². The first-order valence-corrected chi connectivity index (χ1v) is 6.15. The molecule has 3 nitrogen and oxygen atoms in total. The van der Waals surface area contributed by atoms with Crippen molar-refractivity contribution >= 4 is 5.97 Å². The van der Waals surface area contributed by atoms with E-state index in [9.17, 15) is 9.90 Å². The Morgan fingerprint density at radius 1 is 1.41 bits per heavy atom. The normalized spacial score (nSPS) is 19.4. The minimum absolute atomic E-state index is 0.375. The van der Waals surface area contributed by atoms with Crippen LogP contribution in [0.1, 0.15) is 31.7 Å². The second-order valence-corrected chi connectivity index (χ2v) is 5.07. The number of carboxylic acids is 1. The SMILES string of the molecule is CC(Cc1ccccc1)(NC1CCC1)C(=O)O. The molecule has 0 spiro atoms. The van der Waals surface area contributed by atoms with E-state index in [4.69, 9.17) is 0 Å². The number of hydrogen-bond acceptors (Lipinski definition) is 2. The lowest BCUT2D eigenvalue weighted by atomic mass is 9.86. The van der Waals surface area contributed by atoms with Crippen LogP contribution in [0.15, 0.2) is 30.3 Å². The highest BCUT2D eigenvalue weighted by Gasteiger charge is 2.36. The van der Waals surface area contributed by atoms with Gasteiger partial charge in [0.2, 0.25) is 0 Å². The Morgan fingerprint density at radius 2 is 2.06 bits per heavy atom. The molecule has 0 amide bonds. The molecule has 1 aromatic rings. The molecular weight excluding hydrogens is 214 g/mol. The van der Waals surface area contributed by atoms with Gasteiger partial charge in [-0.15, -0.1) is 0 Å². The molecule has 2 N–H and O–H groups in total. The Labute approximate surface area is 102 Å². The number of hydrogen-bond donors (Lipinski definition) is 2. The number of aliphatic carboxylic acids is 1. The molecule has 1 fully saturated rings. The van der Waals surface area contributed by atoms with Crippen molar-refractivity contribution in [1.29, 1.82) is 0 Å². The molecule has 0 aliphatic heterocycles. The third kappa shape index (κ3) is 2.86. The summed E-state index contributed by atoms with van der Waals surface area (Å²) in [7, 11) is 0. The van der Waals surface area contributed by atoms with Crippen molar-refractivity contribution in [2.75, 3.05) is 0 Å². The number of benzene rings is 1. The van der Waals surface area contributed by atoms with Crippen LogP contribution in [0.3, 0.4) is 0 Å².